The molecule has 1 aromatic carbocycles. The zero-order valence-corrected chi connectivity index (χ0v) is 13.1. The fourth-order valence-electron chi connectivity index (χ4n) is 1.52. The van der Waals surface area contributed by atoms with Crippen LogP contribution in [0.15, 0.2) is 30.3 Å². The predicted octanol–water partition coefficient (Wildman–Crippen LogP) is 4.97. The number of hydrogen-bond acceptors (Lipinski definition) is 3. The number of pyridine rings is 1. The van der Waals surface area contributed by atoms with Crippen LogP contribution in [0.25, 0.3) is 0 Å². The van der Waals surface area contributed by atoms with Gasteiger partial charge >= 0.3 is 6.18 Å². The summed E-state index contributed by atoms with van der Waals surface area (Å²) in [5, 5.41) is 11.9. The van der Waals surface area contributed by atoms with Gasteiger partial charge in [0, 0.05) is 3.57 Å². The summed E-state index contributed by atoms with van der Waals surface area (Å²) in [5.74, 6) is -0.185. The molecule has 1 heterocycles. The van der Waals surface area contributed by atoms with Gasteiger partial charge in [-0.15, -0.1) is 0 Å². The summed E-state index contributed by atoms with van der Waals surface area (Å²) in [6.45, 7) is 0. The van der Waals surface area contributed by atoms with Crippen LogP contribution < -0.4 is 5.32 Å². The molecule has 2 rings (SSSR count). The Hall–Kier alpha value is -1.53. The average molecular weight is 424 g/mol. The molecule has 0 unspecified atom stereocenters. The highest BCUT2D eigenvalue weighted by atomic mass is 127. The van der Waals surface area contributed by atoms with Crippen LogP contribution >= 0.6 is 34.2 Å². The smallest absolute Gasteiger partial charge is 0.338 e. The Morgan fingerprint density at radius 2 is 1.95 bits per heavy atom. The van der Waals surface area contributed by atoms with E-state index < -0.39 is 11.9 Å². The maximum Gasteiger partial charge on any atom is 0.433 e. The van der Waals surface area contributed by atoms with Crippen molar-refractivity contribution in [3.8, 4) is 6.07 Å². The number of nitrogens with zero attached hydrogens (tertiary/aromatic N) is 2. The van der Waals surface area contributed by atoms with Crippen LogP contribution in [-0.2, 0) is 6.18 Å². The van der Waals surface area contributed by atoms with E-state index in [9.17, 15) is 13.2 Å². The summed E-state index contributed by atoms with van der Waals surface area (Å²) in [4.78, 5) is 3.45. The van der Waals surface area contributed by atoms with Gasteiger partial charge in [-0.25, -0.2) is 4.98 Å². The van der Waals surface area contributed by atoms with Crippen LogP contribution in [0.5, 0.6) is 0 Å². The van der Waals surface area contributed by atoms with Crippen LogP contribution in [0.1, 0.15) is 11.3 Å². The molecule has 0 fully saturated rings. The SMILES string of the molecule is N#Cc1ccc(C(F)(F)F)nc1Nc1ccc(I)cc1Cl. The molecule has 8 heteroatoms. The second-order valence-corrected chi connectivity index (χ2v) is 5.60. The number of nitriles is 1. The molecule has 0 aliphatic carbocycles. The lowest BCUT2D eigenvalue weighted by Gasteiger charge is -2.12. The topological polar surface area (TPSA) is 48.7 Å². The van der Waals surface area contributed by atoms with Crippen molar-refractivity contribution >= 4 is 45.7 Å². The van der Waals surface area contributed by atoms with E-state index in [1.165, 1.54) is 0 Å². The number of hydrogen-bond donors (Lipinski definition) is 1. The second kappa shape index (κ2) is 6.07. The summed E-state index contributed by atoms with van der Waals surface area (Å²) >= 11 is 8.06. The summed E-state index contributed by atoms with van der Waals surface area (Å²) in [7, 11) is 0. The average Bonchev–Trinajstić information content (AvgIpc) is 2.41. The number of aromatic nitrogens is 1. The van der Waals surface area contributed by atoms with Gasteiger partial charge in [-0.3, -0.25) is 0 Å². The fourth-order valence-corrected chi connectivity index (χ4v) is 2.42. The normalized spacial score (nSPS) is 11.0. The molecular weight excluding hydrogens is 418 g/mol. The molecule has 108 valence electrons. The maximum absolute atomic E-state index is 12.7. The Labute approximate surface area is 136 Å². The van der Waals surface area contributed by atoms with E-state index >= 15 is 0 Å². The molecule has 2 aromatic rings. The third kappa shape index (κ3) is 3.77. The highest BCUT2D eigenvalue weighted by molar-refractivity contribution is 14.1. The minimum Gasteiger partial charge on any atom is -0.338 e. The molecule has 1 N–H and O–H groups in total. The predicted molar refractivity (Wildman–Crippen MR) is 81.4 cm³/mol. The highest BCUT2D eigenvalue weighted by Crippen LogP contribution is 2.32. The largest absolute Gasteiger partial charge is 0.433 e. The standard InChI is InChI=1S/C13H6ClF3IN3/c14-9-5-8(18)2-3-10(9)20-12-7(6-19)1-4-11(21-12)13(15,16)17/h1-5H,(H,20,21). The molecule has 0 aliphatic rings. The van der Waals surface area contributed by atoms with Crippen LogP contribution in [0.3, 0.4) is 0 Å². The molecule has 3 nitrogen and oxygen atoms in total. The van der Waals surface area contributed by atoms with E-state index in [2.05, 4.69) is 32.9 Å². The first kappa shape index (κ1) is 15.9. The number of anilines is 2. The van der Waals surface area contributed by atoms with Crippen LogP contribution in [0.2, 0.25) is 5.02 Å². The Morgan fingerprint density at radius 1 is 1.24 bits per heavy atom. The van der Waals surface area contributed by atoms with Gasteiger partial charge in [0.15, 0.2) is 0 Å². The fraction of sp³-hybridized carbons (Fsp3) is 0.0769. The molecule has 0 bridgehead atoms. The molecule has 0 saturated carbocycles. The lowest BCUT2D eigenvalue weighted by Crippen LogP contribution is -2.10. The van der Waals surface area contributed by atoms with Crippen LogP contribution in [0, 0.1) is 14.9 Å². The Balaban J connectivity index is 2.45. The van der Waals surface area contributed by atoms with Gasteiger partial charge in [0.05, 0.1) is 16.3 Å². The minimum absolute atomic E-state index is 0.00221. The van der Waals surface area contributed by atoms with Crippen molar-refractivity contribution in [1.82, 2.24) is 4.98 Å². The molecule has 0 aliphatic heterocycles. The zero-order valence-electron chi connectivity index (χ0n) is 10.2. The van der Waals surface area contributed by atoms with Crippen molar-refractivity contribution in [2.45, 2.75) is 6.18 Å². The first-order chi connectivity index (χ1) is 9.81. The quantitative estimate of drug-likeness (QED) is 0.694. The molecular formula is C13H6ClF3IN3. The third-order valence-electron chi connectivity index (χ3n) is 2.49. The molecule has 0 atom stereocenters. The molecule has 0 spiro atoms. The van der Waals surface area contributed by atoms with Crippen molar-refractivity contribution < 1.29 is 13.2 Å². The van der Waals surface area contributed by atoms with Gasteiger partial charge < -0.3 is 5.32 Å². The number of halogens is 5. The van der Waals surface area contributed by atoms with Gasteiger partial charge in [0.1, 0.15) is 17.6 Å². The number of nitrogens with one attached hydrogen (secondary N) is 1. The number of rotatable bonds is 2. The molecule has 0 amide bonds. The van der Waals surface area contributed by atoms with Gasteiger partial charge in [0.2, 0.25) is 0 Å². The molecule has 0 saturated heterocycles. The van der Waals surface area contributed by atoms with Gasteiger partial charge in [-0.1, -0.05) is 11.6 Å². The third-order valence-corrected chi connectivity index (χ3v) is 3.47. The maximum atomic E-state index is 12.7. The molecule has 1 aromatic heterocycles. The van der Waals surface area contributed by atoms with Crippen molar-refractivity contribution in [2.24, 2.45) is 0 Å². The minimum atomic E-state index is -4.58. The summed E-state index contributed by atoms with van der Waals surface area (Å²) in [6, 6.07) is 8.60. The number of alkyl halides is 3. The lowest BCUT2D eigenvalue weighted by atomic mass is 10.2. The highest BCUT2D eigenvalue weighted by Gasteiger charge is 2.33. The first-order valence-electron chi connectivity index (χ1n) is 5.51. The Kier molecular flexibility index (Phi) is 4.58. The zero-order chi connectivity index (χ0) is 15.6. The van der Waals surface area contributed by atoms with Gasteiger partial charge in [-0.05, 0) is 52.9 Å². The first-order valence-corrected chi connectivity index (χ1v) is 6.97. The van der Waals surface area contributed by atoms with E-state index in [0.717, 1.165) is 15.7 Å². The lowest BCUT2D eigenvalue weighted by molar-refractivity contribution is -0.141. The summed E-state index contributed by atoms with van der Waals surface area (Å²) < 4.78 is 38.9. The molecule has 0 radical (unpaired) electrons. The van der Waals surface area contributed by atoms with Gasteiger partial charge in [0.25, 0.3) is 0 Å². The van der Waals surface area contributed by atoms with Gasteiger partial charge in [-0.2, -0.15) is 18.4 Å². The monoisotopic (exact) mass is 423 g/mol. The van der Waals surface area contributed by atoms with E-state index in [1.54, 1.807) is 24.3 Å². The van der Waals surface area contributed by atoms with Crippen molar-refractivity contribution in [3.05, 3.63) is 50.2 Å². The van der Waals surface area contributed by atoms with E-state index in [-0.39, 0.29) is 11.4 Å². The van der Waals surface area contributed by atoms with Crippen LogP contribution in [-0.4, -0.2) is 4.98 Å². The number of benzene rings is 1. The van der Waals surface area contributed by atoms with E-state index in [1.807, 2.05) is 0 Å². The van der Waals surface area contributed by atoms with Crippen molar-refractivity contribution in [1.29, 1.82) is 5.26 Å². The van der Waals surface area contributed by atoms with Crippen molar-refractivity contribution in [2.75, 3.05) is 5.32 Å². The van der Waals surface area contributed by atoms with Crippen LogP contribution in [0.4, 0.5) is 24.7 Å². The van der Waals surface area contributed by atoms with Crippen molar-refractivity contribution in [3.63, 3.8) is 0 Å². The Bertz CT molecular complexity index is 726. The summed E-state index contributed by atoms with van der Waals surface area (Å²) in [6.07, 6.45) is -4.58. The van der Waals surface area contributed by atoms with E-state index in [0.29, 0.717) is 10.7 Å². The second-order valence-electron chi connectivity index (χ2n) is 3.95. The Morgan fingerprint density at radius 3 is 2.52 bits per heavy atom. The molecule has 21 heavy (non-hydrogen) atoms. The van der Waals surface area contributed by atoms with E-state index in [4.69, 9.17) is 16.9 Å². The summed E-state index contributed by atoms with van der Waals surface area (Å²) in [5.41, 5.74) is -0.705.